The Bertz CT molecular complexity index is 910. The third-order valence-corrected chi connectivity index (χ3v) is 5.05. The van der Waals surface area contributed by atoms with Crippen molar-refractivity contribution in [3.63, 3.8) is 0 Å². The molecule has 1 aromatic carbocycles. The zero-order valence-electron chi connectivity index (χ0n) is 15.2. The monoisotopic (exact) mass is 429 g/mol. The molecule has 0 radical (unpaired) electrons. The number of carbonyl (C=O) groups is 1. The SMILES string of the molecule is NCc1cnc(-c2ccc(Cl)c(C(F)(F)F)c2)nc1N1CCC(CNC(=O)O)C1. The first-order valence-corrected chi connectivity index (χ1v) is 9.21. The number of nitrogens with zero attached hydrogens (tertiary/aromatic N) is 3. The van der Waals surface area contributed by atoms with Crippen LogP contribution in [-0.2, 0) is 12.7 Å². The predicted molar refractivity (Wildman–Crippen MR) is 102 cm³/mol. The summed E-state index contributed by atoms with van der Waals surface area (Å²) in [4.78, 5) is 21.3. The molecule has 1 fully saturated rings. The first kappa shape index (κ1) is 21.1. The summed E-state index contributed by atoms with van der Waals surface area (Å²) < 4.78 is 39.5. The topological polar surface area (TPSA) is 104 Å². The predicted octanol–water partition coefficient (Wildman–Crippen LogP) is 3.37. The Morgan fingerprint density at radius 1 is 1.41 bits per heavy atom. The Morgan fingerprint density at radius 3 is 2.83 bits per heavy atom. The summed E-state index contributed by atoms with van der Waals surface area (Å²) in [6.07, 6.45) is -3.42. The van der Waals surface area contributed by atoms with E-state index in [0.717, 1.165) is 12.5 Å². The maximum absolute atomic E-state index is 13.2. The lowest BCUT2D eigenvalue weighted by Crippen LogP contribution is -2.30. The average molecular weight is 430 g/mol. The highest BCUT2D eigenvalue weighted by Crippen LogP contribution is 2.37. The number of halogens is 4. The van der Waals surface area contributed by atoms with E-state index in [1.165, 1.54) is 18.3 Å². The minimum Gasteiger partial charge on any atom is -0.465 e. The average Bonchev–Trinajstić information content (AvgIpc) is 3.14. The first-order valence-electron chi connectivity index (χ1n) is 8.84. The molecular formula is C18H19ClF3N5O2. The van der Waals surface area contributed by atoms with Gasteiger partial charge in [0.05, 0.1) is 10.6 Å². The smallest absolute Gasteiger partial charge is 0.417 e. The van der Waals surface area contributed by atoms with Crippen LogP contribution in [0.3, 0.4) is 0 Å². The molecule has 4 N–H and O–H groups in total. The third kappa shape index (κ3) is 4.88. The number of aromatic nitrogens is 2. The fourth-order valence-electron chi connectivity index (χ4n) is 3.26. The van der Waals surface area contributed by atoms with Gasteiger partial charge in [0.2, 0.25) is 0 Å². The Hall–Kier alpha value is -2.59. The number of carboxylic acid groups (broad SMARTS) is 1. The number of benzene rings is 1. The van der Waals surface area contributed by atoms with Crippen LogP contribution in [-0.4, -0.2) is 40.8 Å². The molecule has 2 heterocycles. The van der Waals surface area contributed by atoms with Gasteiger partial charge in [0.15, 0.2) is 5.82 Å². The lowest BCUT2D eigenvalue weighted by Gasteiger charge is -2.21. The molecule has 156 valence electrons. The second-order valence-electron chi connectivity index (χ2n) is 6.73. The van der Waals surface area contributed by atoms with Crippen LogP contribution in [0.1, 0.15) is 17.5 Å². The van der Waals surface area contributed by atoms with E-state index in [-0.39, 0.29) is 23.9 Å². The highest BCUT2D eigenvalue weighted by atomic mass is 35.5. The number of nitrogens with one attached hydrogen (secondary N) is 1. The second kappa shape index (κ2) is 8.42. The molecule has 1 amide bonds. The Kier molecular flexibility index (Phi) is 6.13. The van der Waals surface area contributed by atoms with Crippen molar-refractivity contribution in [3.8, 4) is 11.4 Å². The molecule has 1 unspecified atom stereocenters. The normalized spacial score (nSPS) is 16.9. The first-order chi connectivity index (χ1) is 13.7. The van der Waals surface area contributed by atoms with Crippen LogP contribution in [0.2, 0.25) is 5.02 Å². The van der Waals surface area contributed by atoms with Crippen LogP contribution < -0.4 is 16.0 Å². The Morgan fingerprint density at radius 2 is 2.17 bits per heavy atom. The van der Waals surface area contributed by atoms with E-state index in [1.807, 2.05) is 4.90 Å². The molecule has 3 rings (SSSR count). The maximum Gasteiger partial charge on any atom is 0.417 e. The molecule has 2 aromatic rings. The van der Waals surface area contributed by atoms with Crippen LogP contribution in [0.5, 0.6) is 0 Å². The van der Waals surface area contributed by atoms with E-state index in [9.17, 15) is 18.0 Å². The van der Waals surface area contributed by atoms with E-state index in [4.69, 9.17) is 22.4 Å². The summed E-state index contributed by atoms with van der Waals surface area (Å²) in [5.74, 6) is 0.771. The molecule has 7 nitrogen and oxygen atoms in total. The van der Waals surface area contributed by atoms with Crippen molar-refractivity contribution in [2.24, 2.45) is 11.7 Å². The van der Waals surface area contributed by atoms with Crippen LogP contribution in [0.15, 0.2) is 24.4 Å². The lowest BCUT2D eigenvalue weighted by molar-refractivity contribution is -0.137. The van der Waals surface area contributed by atoms with Crippen molar-refractivity contribution >= 4 is 23.5 Å². The summed E-state index contributed by atoms with van der Waals surface area (Å²) in [5.41, 5.74) is 5.67. The van der Waals surface area contributed by atoms with Gasteiger partial charge in [-0.2, -0.15) is 13.2 Å². The molecule has 1 saturated heterocycles. The van der Waals surface area contributed by atoms with Gasteiger partial charge >= 0.3 is 12.3 Å². The largest absolute Gasteiger partial charge is 0.465 e. The fourth-order valence-corrected chi connectivity index (χ4v) is 3.48. The van der Waals surface area contributed by atoms with Gasteiger partial charge in [-0.1, -0.05) is 11.6 Å². The quantitative estimate of drug-likeness (QED) is 0.673. The highest BCUT2D eigenvalue weighted by molar-refractivity contribution is 6.31. The van der Waals surface area contributed by atoms with Crippen molar-refractivity contribution in [1.82, 2.24) is 15.3 Å². The molecule has 29 heavy (non-hydrogen) atoms. The van der Waals surface area contributed by atoms with Crippen molar-refractivity contribution in [2.45, 2.75) is 19.1 Å². The number of alkyl halides is 3. The summed E-state index contributed by atoms with van der Waals surface area (Å²) in [5, 5.41) is 10.7. The van der Waals surface area contributed by atoms with Gasteiger partial charge in [0.25, 0.3) is 0 Å². The molecule has 0 spiro atoms. The van der Waals surface area contributed by atoms with E-state index in [0.29, 0.717) is 31.0 Å². The van der Waals surface area contributed by atoms with E-state index in [1.54, 1.807) is 0 Å². The number of nitrogens with two attached hydrogens (primary N) is 1. The number of hydrogen-bond acceptors (Lipinski definition) is 5. The van der Waals surface area contributed by atoms with Crippen LogP contribution in [0.4, 0.5) is 23.8 Å². The molecule has 1 atom stereocenters. The van der Waals surface area contributed by atoms with Gasteiger partial charge < -0.3 is 21.1 Å². The molecule has 0 bridgehead atoms. The maximum atomic E-state index is 13.2. The van der Waals surface area contributed by atoms with Gasteiger partial charge in [-0.05, 0) is 30.5 Å². The molecular weight excluding hydrogens is 411 g/mol. The van der Waals surface area contributed by atoms with Crippen molar-refractivity contribution in [2.75, 3.05) is 24.5 Å². The van der Waals surface area contributed by atoms with E-state index < -0.39 is 22.9 Å². The summed E-state index contributed by atoms with van der Waals surface area (Å²) in [7, 11) is 0. The Labute approximate surface area is 169 Å². The van der Waals surface area contributed by atoms with Crippen molar-refractivity contribution in [3.05, 3.63) is 40.5 Å². The molecule has 1 aliphatic heterocycles. The molecule has 0 saturated carbocycles. The minimum atomic E-state index is -4.59. The van der Waals surface area contributed by atoms with Crippen LogP contribution in [0.25, 0.3) is 11.4 Å². The van der Waals surface area contributed by atoms with Gasteiger partial charge in [0, 0.05) is 43.5 Å². The van der Waals surface area contributed by atoms with Gasteiger partial charge in [-0.25, -0.2) is 14.8 Å². The Balaban J connectivity index is 1.90. The second-order valence-corrected chi connectivity index (χ2v) is 7.13. The number of anilines is 1. The molecule has 1 aliphatic rings. The van der Waals surface area contributed by atoms with E-state index in [2.05, 4.69) is 15.3 Å². The van der Waals surface area contributed by atoms with Crippen molar-refractivity contribution in [1.29, 1.82) is 0 Å². The molecule has 1 aromatic heterocycles. The van der Waals surface area contributed by atoms with Gasteiger partial charge in [-0.15, -0.1) is 0 Å². The van der Waals surface area contributed by atoms with E-state index >= 15 is 0 Å². The van der Waals surface area contributed by atoms with Crippen LogP contribution >= 0.6 is 11.6 Å². The van der Waals surface area contributed by atoms with Crippen molar-refractivity contribution < 1.29 is 23.1 Å². The summed E-state index contributed by atoms with van der Waals surface area (Å²) in [6, 6.07) is 3.53. The number of rotatable bonds is 5. The number of amides is 1. The summed E-state index contributed by atoms with van der Waals surface area (Å²) >= 11 is 5.69. The zero-order chi connectivity index (χ0) is 21.2. The van der Waals surface area contributed by atoms with Gasteiger partial charge in [-0.3, -0.25) is 0 Å². The zero-order valence-corrected chi connectivity index (χ0v) is 16.0. The lowest BCUT2D eigenvalue weighted by atomic mass is 10.1. The third-order valence-electron chi connectivity index (χ3n) is 4.72. The molecule has 11 heteroatoms. The summed E-state index contributed by atoms with van der Waals surface area (Å²) in [6.45, 7) is 1.66. The molecule has 0 aliphatic carbocycles. The van der Waals surface area contributed by atoms with Crippen LogP contribution in [0, 0.1) is 5.92 Å². The van der Waals surface area contributed by atoms with Gasteiger partial charge in [0.1, 0.15) is 5.82 Å². The standard InChI is InChI=1S/C18H19ClF3N5O2/c19-14-2-1-11(5-13(14)18(20,21)22)15-24-8-12(6-23)16(26-15)27-4-3-10(9-27)7-25-17(28)29/h1-2,5,8,10,25H,3-4,6-7,9,23H2,(H,28,29). The minimum absolute atomic E-state index is 0.0995. The number of hydrogen-bond donors (Lipinski definition) is 3. The fraction of sp³-hybridized carbons (Fsp3) is 0.389. The highest BCUT2D eigenvalue weighted by Gasteiger charge is 2.34.